The lowest BCUT2D eigenvalue weighted by Crippen LogP contribution is -2.51. The molecule has 1 aromatic carbocycles. The minimum absolute atomic E-state index is 0.0284. The normalized spacial score (nSPS) is 14.8. The van der Waals surface area contributed by atoms with Crippen LogP contribution in [0, 0.1) is 13.8 Å². The van der Waals surface area contributed by atoms with Crippen LogP contribution in [0.3, 0.4) is 0 Å². The third-order valence-electron chi connectivity index (χ3n) is 4.34. The van der Waals surface area contributed by atoms with E-state index in [2.05, 4.69) is 4.98 Å². The number of nitrogens with zero attached hydrogens (tertiary/aromatic N) is 3. The van der Waals surface area contributed by atoms with Crippen molar-refractivity contribution in [2.45, 2.75) is 20.3 Å². The molecule has 0 N–H and O–H groups in total. The lowest BCUT2D eigenvalue weighted by Gasteiger charge is -2.34. The van der Waals surface area contributed by atoms with Crippen molar-refractivity contribution in [3.63, 3.8) is 0 Å². The highest BCUT2D eigenvalue weighted by Crippen LogP contribution is 2.17. The third-order valence-corrected chi connectivity index (χ3v) is 5.25. The van der Waals surface area contributed by atoms with Crippen LogP contribution in [0.4, 0.5) is 0 Å². The number of aryl methyl sites for hydroxylation is 2. The van der Waals surface area contributed by atoms with Gasteiger partial charge in [-0.2, -0.15) is 0 Å². The molecule has 1 aliphatic heterocycles. The maximum atomic E-state index is 12.5. The minimum atomic E-state index is 0.0284. The van der Waals surface area contributed by atoms with E-state index in [1.165, 1.54) is 16.9 Å². The van der Waals surface area contributed by atoms with Crippen LogP contribution >= 0.6 is 11.3 Å². The fourth-order valence-electron chi connectivity index (χ4n) is 2.80. The zero-order chi connectivity index (χ0) is 17.1. The van der Waals surface area contributed by atoms with Gasteiger partial charge in [0.25, 0.3) is 5.91 Å². The van der Waals surface area contributed by atoms with Gasteiger partial charge in [-0.25, -0.2) is 4.98 Å². The second kappa shape index (κ2) is 7.13. The van der Waals surface area contributed by atoms with Crippen LogP contribution in [0.2, 0.25) is 0 Å². The van der Waals surface area contributed by atoms with Crippen molar-refractivity contribution in [1.82, 2.24) is 14.8 Å². The van der Waals surface area contributed by atoms with Gasteiger partial charge in [-0.3, -0.25) is 9.59 Å². The average Bonchev–Trinajstić information content (AvgIpc) is 3.02. The molecule has 6 heteroatoms. The van der Waals surface area contributed by atoms with Crippen LogP contribution in [0.25, 0.3) is 0 Å². The summed E-state index contributed by atoms with van der Waals surface area (Å²) in [6.45, 7) is 6.23. The number of hydrogen-bond donors (Lipinski definition) is 0. The molecule has 0 aliphatic carbocycles. The molecule has 5 nitrogen and oxygen atoms in total. The predicted molar refractivity (Wildman–Crippen MR) is 94.2 cm³/mol. The van der Waals surface area contributed by atoms with Crippen LogP contribution in [0.1, 0.15) is 26.5 Å². The van der Waals surface area contributed by atoms with Gasteiger partial charge in [-0.05, 0) is 19.4 Å². The summed E-state index contributed by atoms with van der Waals surface area (Å²) in [4.78, 5) is 33.4. The molecule has 1 aliphatic rings. The van der Waals surface area contributed by atoms with Gasteiger partial charge >= 0.3 is 0 Å². The molecule has 0 radical (unpaired) electrons. The maximum absolute atomic E-state index is 12.5. The monoisotopic (exact) mass is 343 g/mol. The molecule has 24 heavy (non-hydrogen) atoms. The van der Waals surface area contributed by atoms with Crippen LogP contribution < -0.4 is 0 Å². The Labute approximate surface area is 145 Å². The largest absolute Gasteiger partial charge is 0.339 e. The van der Waals surface area contributed by atoms with E-state index < -0.39 is 0 Å². The van der Waals surface area contributed by atoms with E-state index in [4.69, 9.17) is 0 Å². The highest BCUT2D eigenvalue weighted by molar-refractivity contribution is 7.11. The van der Waals surface area contributed by atoms with Gasteiger partial charge in [0, 0.05) is 26.2 Å². The number of carbonyl (C=O) groups excluding carboxylic acids is 2. The molecule has 1 aromatic heterocycles. The van der Waals surface area contributed by atoms with Gasteiger partial charge in [0.05, 0.1) is 17.6 Å². The molecular weight excluding hydrogens is 322 g/mol. The fraction of sp³-hybridized carbons (Fsp3) is 0.389. The number of carbonyl (C=O) groups is 2. The van der Waals surface area contributed by atoms with E-state index in [1.54, 1.807) is 5.51 Å². The zero-order valence-electron chi connectivity index (χ0n) is 14.0. The quantitative estimate of drug-likeness (QED) is 0.859. The van der Waals surface area contributed by atoms with Crippen LogP contribution in [-0.2, 0) is 11.2 Å². The number of piperazine rings is 1. The average molecular weight is 343 g/mol. The van der Waals surface area contributed by atoms with Gasteiger partial charge < -0.3 is 9.80 Å². The molecule has 2 heterocycles. The first-order valence-electron chi connectivity index (χ1n) is 8.07. The second-order valence-electron chi connectivity index (χ2n) is 6.10. The van der Waals surface area contributed by atoms with Gasteiger partial charge in [-0.1, -0.05) is 29.8 Å². The minimum Gasteiger partial charge on any atom is -0.339 e. The predicted octanol–water partition coefficient (Wildman–Crippen LogP) is 2.29. The van der Waals surface area contributed by atoms with E-state index in [1.807, 2.05) is 47.9 Å². The van der Waals surface area contributed by atoms with Crippen molar-refractivity contribution in [3.8, 4) is 0 Å². The lowest BCUT2D eigenvalue weighted by molar-refractivity contribution is -0.131. The summed E-state index contributed by atoms with van der Waals surface area (Å²) in [6, 6.07) is 8.05. The van der Waals surface area contributed by atoms with Crippen molar-refractivity contribution in [3.05, 3.63) is 51.5 Å². The van der Waals surface area contributed by atoms with Crippen LogP contribution in [0.15, 0.2) is 29.8 Å². The number of aromatic nitrogens is 1. The Morgan fingerprint density at radius 1 is 1.04 bits per heavy atom. The summed E-state index contributed by atoms with van der Waals surface area (Å²) in [7, 11) is 0. The van der Waals surface area contributed by atoms with Crippen LogP contribution in [-0.4, -0.2) is 52.8 Å². The highest BCUT2D eigenvalue weighted by Gasteiger charge is 2.26. The molecule has 0 unspecified atom stereocenters. The smallest absolute Gasteiger partial charge is 0.265 e. The summed E-state index contributed by atoms with van der Waals surface area (Å²) < 4.78 is 0. The Bertz CT molecular complexity index is 731. The topological polar surface area (TPSA) is 53.5 Å². The molecular formula is C18H21N3O2S. The SMILES string of the molecule is Cc1ccc(CC(=O)N2CCN(C(=O)c3scnc3C)CC2)cc1. The van der Waals surface area contributed by atoms with Crippen molar-refractivity contribution in [2.75, 3.05) is 26.2 Å². The number of rotatable bonds is 3. The summed E-state index contributed by atoms with van der Waals surface area (Å²) >= 11 is 1.38. The summed E-state index contributed by atoms with van der Waals surface area (Å²) in [5, 5.41) is 0. The molecule has 2 aromatic rings. The Morgan fingerprint density at radius 2 is 1.67 bits per heavy atom. The summed E-state index contributed by atoms with van der Waals surface area (Å²) in [6.07, 6.45) is 0.419. The van der Waals surface area contributed by atoms with E-state index in [0.29, 0.717) is 37.5 Å². The highest BCUT2D eigenvalue weighted by atomic mass is 32.1. The fourth-order valence-corrected chi connectivity index (χ4v) is 3.57. The Balaban J connectivity index is 1.55. The number of thiazole rings is 1. The molecule has 2 amide bonds. The van der Waals surface area contributed by atoms with Crippen molar-refractivity contribution in [1.29, 1.82) is 0 Å². The molecule has 1 saturated heterocycles. The molecule has 1 fully saturated rings. The molecule has 0 atom stereocenters. The van der Waals surface area contributed by atoms with E-state index in [-0.39, 0.29) is 11.8 Å². The number of hydrogen-bond acceptors (Lipinski definition) is 4. The van der Waals surface area contributed by atoms with Gasteiger partial charge in [0.1, 0.15) is 4.88 Å². The van der Waals surface area contributed by atoms with E-state index in [0.717, 1.165) is 11.3 Å². The van der Waals surface area contributed by atoms with Gasteiger partial charge in [-0.15, -0.1) is 11.3 Å². The number of amides is 2. The molecule has 0 spiro atoms. The van der Waals surface area contributed by atoms with E-state index >= 15 is 0 Å². The zero-order valence-corrected chi connectivity index (χ0v) is 14.8. The Hall–Kier alpha value is -2.21. The van der Waals surface area contributed by atoms with E-state index in [9.17, 15) is 9.59 Å². The third kappa shape index (κ3) is 3.64. The second-order valence-corrected chi connectivity index (χ2v) is 6.96. The molecule has 0 saturated carbocycles. The first-order chi connectivity index (χ1) is 11.5. The number of benzene rings is 1. The van der Waals surface area contributed by atoms with Crippen molar-refractivity contribution >= 4 is 23.2 Å². The van der Waals surface area contributed by atoms with Gasteiger partial charge in [0.2, 0.25) is 5.91 Å². The van der Waals surface area contributed by atoms with Gasteiger partial charge in [0.15, 0.2) is 0 Å². The van der Waals surface area contributed by atoms with Crippen molar-refractivity contribution in [2.24, 2.45) is 0 Å². The van der Waals surface area contributed by atoms with Crippen LogP contribution in [0.5, 0.6) is 0 Å². The molecule has 0 bridgehead atoms. The maximum Gasteiger partial charge on any atom is 0.265 e. The summed E-state index contributed by atoms with van der Waals surface area (Å²) in [5.41, 5.74) is 4.70. The first kappa shape index (κ1) is 16.6. The molecule has 3 rings (SSSR count). The first-order valence-corrected chi connectivity index (χ1v) is 8.95. The standard InChI is InChI=1S/C18H21N3O2S/c1-13-3-5-15(6-4-13)11-16(22)20-7-9-21(10-8-20)18(23)17-14(2)19-12-24-17/h3-6,12H,7-11H2,1-2H3. The lowest BCUT2D eigenvalue weighted by atomic mass is 10.1. The Morgan fingerprint density at radius 3 is 2.25 bits per heavy atom. The molecule has 126 valence electrons. The summed E-state index contributed by atoms with van der Waals surface area (Å²) in [5.74, 6) is 0.153. The van der Waals surface area contributed by atoms with Crippen molar-refractivity contribution < 1.29 is 9.59 Å². The Kier molecular flexibility index (Phi) is 4.94.